The minimum absolute atomic E-state index is 0. The van der Waals surface area contributed by atoms with Gasteiger partial charge in [0.1, 0.15) is 5.01 Å². The normalized spacial score (nSPS) is 21.5. The van der Waals surface area contributed by atoms with Gasteiger partial charge in [0.05, 0.1) is 6.54 Å². The van der Waals surface area contributed by atoms with Crippen molar-refractivity contribution in [2.24, 2.45) is 4.99 Å². The van der Waals surface area contributed by atoms with Crippen LogP contribution in [0, 0.1) is 0 Å². The number of thiazole rings is 1. The topological polar surface area (TPSA) is 49.3 Å². The number of hydrogen-bond donors (Lipinski definition) is 2. The maximum atomic E-state index is 4.43. The van der Waals surface area contributed by atoms with Crippen molar-refractivity contribution in [3.8, 4) is 0 Å². The second-order valence-corrected chi connectivity index (χ2v) is 8.01. The molecule has 0 aliphatic heterocycles. The Kier molecular flexibility index (Phi) is 9.74. The predicted molar refractivity (Wildman–Crippen MR) is 110 cm³/mol. The summed E-state index contributed by atoms with van der Waals surface area (Å²) in [5.41, 5.74) is 0. The van der Waals surface area contributed by atoms with Gasteiger partial charge < -0.3 is 10.6 Å². The minimum Gasteiger partial charge on any atom is -0.354 e. The summed E-state index contributed by atoms with van der Waals surface area (Å²) in [6, 6.07) is 0.558. The fraction of sp³-hybridized carbons (Fsp3) is 0.733. The van der Waals surface area contributed by atoms with Gasteiger partial charge in [-0.25, -0.2) is 4.98 Å². The molecule has 0 amide bonds. The Balaban J connectivity index is 0.00000242. The van der Waals surface area contributed by atoms with Gasteiger partial charge in [-0.15, -0.1) is 35.3 Å². The largest absolute Gasteiger partial charge is 0.354 e. The van der Waals surface area contributed by atoms with E-state index in [1.165, 1.54) is 29.9 Å². The van der Waals surface area contributed by atoms with Crippen LogP contribution in [0.5, 0.6) is 0 Å². The zero-order valence-corrected chi connectivity index (χ0v) is 17.6. The van der Waals surface area contributed by atoms with Crippen molar-refractivity contribution in [1.82, 2.24) is 15.6 Å². The third kappa shape index (κ3) is 6.23. The summed E-state index contributed by atoms with van der Waals surface area (Å²) in [7, 11) is 1.84. The number of aryl methyl sites for hydroxylation is 1. The Morgan fingerprint density at radius 2 is 2.27 bits per heavy atom. The monoisotopic (exact) mass is 454 g/mol. The molecule has 4 nitrogen and oxygen atoms in total. The molecule has 0 radical (unpaired) electrons. The van der Waals surface area contributed by atoms with E-state index in [-0.39, 0.29) is 24.0 Å². The third-order valence-electron chi connectivity index (χ3n) is 3.71. The Hall–Kier alpha value is -0.0200. The van der Waals surface area contributed by atoms with E-state index in [0.717, 1.165) is 29.2 Å². The Labute approximate surface area is 159 Å². The lowest BCUT2D eigenvalue weighted by atomic mass is 10.2. The van der Waals surface area contributed by atoms with Crippen LogP contribution in [0.15, 0.2) is 11.2 Å². The van der Waals surface area contributed by atoms with E-state index in [0.29, 0.717) is 6.04 Å². The number of hydrogen-bond acceptors (Lipinski definition) is 4. The fourth-order valence-electron chi connectivity index (χ4n) is 2.60. The maximum Gasteiger partial charge on any atom is 0.191 e. The maximum absolute atomic E-state index is 4.43. The van der Waals surface area contributed by atoms with Crippen LogP contribution in [0.25, 0.3) is 0 Å². The molecule has 2 rings (SSSR count). The van der Waals surface area contributed by atoms with E-state index in [4.69, 9.17) is 0 Å². The quantitative estimate of drug-likeness (QED) is 0.391. The molecule has 126 valence electrons. The lowest BCUT2D eigenvalue weighted by Gasteiger charge is -2.17. The molecule has 1 saturated carbocycles. The van der Waals surface area contributed by atoms with Crippen LogP contribution < -0.4 is 10.6 Å². The highest BCUT2D eigenvalue weighted by Gasteiger charge is 2.25. The first-order chi connectivity index (χ1) is 10.2. The Morgan fingerprint density at radius 3 is 2.91 bits per heavy atom. The summed E-state index contributed by atoms with van der Waals surface area (Å²) < 4.78 is 0. The Bertz CT molecular complexity index is 464. The summed E-state index contributed by atoms with van der Waals surface area (Å²) in [6.07, 6.45) is 6.84. The SMILES string of the molecule is CCSC1CCC(NC(=NC)NCc2ncc(CC)s2)C1.I. The number of halogens is 1. The second kappa shape index (κ2) is 10.7. The number of nitrogens with zero attached hydrogens (tertiary/aromatic N) is 2. The zero-order valence-electron chi connectivity index (χ0n) is 13.6. The second-order valence-electron chi connectivity index (χ2n) is 5.23. The predicted octanol–water partition coefficient (Wildman–Crippen LogP) is 3.66. The van der Waals surface area contributed by atoms with E-state index < -0.39 is 0 Å². The average molecular weight is 454 g/mol. The van der Waals surface area contributed by atoms with Crippen molar-refractivity contribution in [2.75, 3.05) is 12.8 Å². The van der Waals surface area contributed by atoms with E-state index in [1.54, 1.807) is 11.3 Å². The van der Waals surface area contributed by atoms with Crippen molar-refractivity contribution in [3.63, 3.8) is 0 Å². The molecule has 0 aromatic carbocycles. The number of guanidine groups is 1. The van der Waals surface area contributed by atoms with Crippen molar-refractivity contribution >= 4 is 53.0 Å². The van der Waals surface area contributed by atoms with Gasteiger partial charge in [0, 0.05) is 29.4 Å². The highest BCUT2D eigenvalue weighted by molar-refractivity contribution is 14.0. The van der Waals surface area contributed by atoms with E-state index in [9.17, 15) is 0 Å². The number of aromatic nitrogens is 1. The molecule has 1 aromatic rings. The fourth-order valence-corrected chi connectivity index (χ4v) is 4.54. The van der Waals surface area contributed by atoms with Gasteiger partial charge in [-0.3, -0.25) is 4.99 Å². The lowest BCUT2D eigenvalue weighted by molar-refractivity contribution is 0.614. The standard InChI is InChI=1S/C15H26N4S2.HI/c1-4-12-9-17-14(21-12)10-18-15(16-3)19-11-6-7-13(8-11)20-5-2;/h9,11,13H,4-8,10H2,1-3H3,(H2,16,18,19);1H. The number of rotatable bonds is 6. The van der Waals surface area contributed by atoms with Crippen LogP contribution in [0.1, 0.15) is 43.0 Å². The van der Waals surface area contributed by atoms with Crippen molar-refractivity contribution in [2.45, 2.75) is 57.4 Å². The summed E-state index contributed by atoms with van der Waals surface area (Å²) in [5.74, 6) is 2.11. The molecule has 2 atom stereocenters. The molecule has 1 fully saturated rings. The van der Waals surface area contributed by atoms with Crippen LogP contribution >= 0.6 is 47.1 Å². The van der Waals surface area contributed by atoms with E-state index in [2.05, 4.69) is 46.2 Å². The van der Waals surface area contributed by atoms with Gasteiger partial charge in [0.25, 0.3) is 0 Å². The smallest absolute Gasteiger partial charge is 0.191 e. The number of nitrogens with one attached hydrogen (secondary N) is 2. The summed E-state index contributed by atoms with van der Waals surface area (Å²) in [6.45, 7) is 5.16. The first-order valence-corrected chi connectivity index (χ1v) is 9.64. The van der Waals surface area contributed by atoms with E-state index in [1.807, 2.05) is 13.2 Å². The van der Waals surface area contributed by atoms with Gasteiger partial charge in [0.2, 0.25) is 0 Å². The lowest BCUT2D eigenvalue weighted by Crippen LogP contribution is -2.42. The first kappa shape index (κ1) is 20.0. The van der Waals surface area contributed by atoms with Crippen molar-refractivity contribution < 1.29 is 0 Å². The molecule has 1 aromatic heterocycles. The Morgan fingerprint density at radius 1 is 1.45 bits per heavy atom. The average Bonchev–Trinajstić information content (AvgIpc) is 3.13. The molecular weight excluding hydrogens is 427 g/mol. The van der Waals surface area contributed by atoms with Gasteiger partial charge >= 0.3 is 0 Å². The van der Waals surface area contributed by atoms with Gasteiger partial charge in [-0.1, -0.05) is 13.8 Å². The van der Waals surface area contributed by atoms with Gasteiger partial charge in [0.15, 0.2) is 5.96 Å². The molecule has 7 heteroatoms. The van der Waals surface area contributed by atoms with Crippen LogP contribution in [-0.4, -0.2) is 35.0 Å². The molecule has 0 saturated heterocycles. The number of aliphatic imine (C=N–C) groups is 1. The summed E-state index contributed by atoms with van der Waals surface area (Å²) in [5, 5.41) is 8.87. The van der Waals surface area contributed by atoms with Gasteiger partial charge in [-0.05, 0) is 31.4 Å². The zero-order chi connectivity index (χ0) is 15.1. The number of thioether (sulfide) groups is 1. The highest BCUT2D eigenvalue weighted by atomic mass is 127. The van der Waals surface area contributed by atoms with Crippen LogP contribution in [0.4, 0.5) is 0 Å². The first-order valence-electron chi connectivity index (χ1n) is 7.77. The molecule has 1 aliphatic rings. The molecule has 2 N–H and O–H groups in total. The molecule has 2 unspecified atom stereocenters. The summed E-state index contributed by atoms with van der Waals surface area (Å²) in [4.78, 5) is 10.1. The third-order valence-corrected chi connectivity index (χ3v) is 6.08. The van der Waals surface area contributed by atoms with Crippen LogP contribution in [-0.2, 0) is 13.0 Å². The van der Waals surface area contributed by atoms with Crippen LogP contribution in [0.2, 0.25) is 0 Å². The van der Waals surface area contributed by atoms with Crippen LogP contribution in [0.3, 0.4) is 0 Å². The molecule has 1 heterocycles. The van der Waals surface area contributed by atoms with E-state index >= 15 is 0 Å². The van der Waals surface area contributed by atoms with Crippen molar-refractivity contribution in [1.29, 1.82) is 0 Å². The molecular formula is C15H27IN4S2. The summed E-state index contributed by atoms with van der Waals surface area (Å²) >= 11 is 3.86. The van der Waals surface area contributed by atoms with Gasteiger partial charge in [-0.2, -0.15) is 11.8 Å². The molecule has 0 spiro atoms. The molecule has 22 heavy (non-hydrogen) atoms. The minimum atomic E-state index is 0. The highest BCUT2D eigenvalue weighted by Crippen LogP contribution is 2.29. The molecule has 0 bridgehead atoms. The van der Waals surface area contributed by atoms with Crippen molar-refractivity contribution in [3.05, 3.63) is 16.1 Å². The molecule has 1 aliphatic carbocycles.